The van der Waals surface area contributed by atoms with Crippen LogP contribution in [0.5, 0.6) is 0 Å². The smallest absolute Gasteiger partial charge is 0.410 e. The zero-order valence-corrected chi connectivity index (χ0v) is 18.3. The predicted molar refractivity (Wildman–Crippen MR) is 117 cm³/mol. The zero-order valence-electron chi connectivity index (χ0n) is 18.3. The Morgan fingerprint density at radius 1 is 1.07 bits per heavy atom. The molecule has 4 nitrogen and oxygen atoms in total. The van der Waals surface area contributed by atoms with Crippen LogP contribution in [0.3, 0.4) is 0 Å². The molecule has 0 aliphatic carbocycles. The molecular weight excluding hydrogens is 360 g/mol. The standard InChI is InChI=1S/C25H34N2O2/c1-19-5-7-21(8-6-19)15-23-16-22(17-26-18-23)10-9-20-11-13-27(14-12-20)24(28)29-25(2,3)4/h5-8,16-18,20H,9-15H2,1-4H3. The third-order valence-corrected chi connectivity index (χ3v) is 5.49. The van der Waals surface area contributed by atoms with Crippen molar-refractivity contribution in [3.8, 4) is 0 Å². The van der Waals surface area contributed by atoms with Gasteiger partial charge in [0.15, 0.2) is 0 Å². The maximum Gasteiger partial charge on any atom is 0.410 e. The van der Waals surface area contributed by atoms with Crippen LogP contribution in [0.1, 0.15) is 62.3 Å². The molecule has 2 heterocycles. The quantitative estimate of drug-likeness (QED) is 0.667. The van der Waals surface area contributed by atoms with Crippen molar-refractivity contribution in [1.29, 1.82) is 0 Å². The number of hydrogen-bond acceptors (Lipinski definition) is 3. The maximum atomic E-state index is 12.2. The van der Waals surface area contributed by atoms with Crippen molar-refractivity contribution in [2.45, 2.75) is 65.4 Å². The minimum Gasteiger partial charge on any atom is -0.444 e. The van der Waals surface area contributed by atoms with E-state index in [1.54, 1.807) is 0 Å². The molecule has 1 aromatic carbocycles. The van der Waals surface area contributed by atoms with E-state index in [2.05, 4.69) is 42.2 Å². The van der Waals surface area contributed by atoms with E-state index >= 15 is 0 Å². The van der Waals surface area contributed by atoms with Gasteiger partial charge in [0.1, 0.15) is 5.60 Å². The van der Waals surface area contributed by atoms with Crippen LogP contribution in [0.2, 0.25) is 0 Å². The number of nitrogens with zero attached hydrogens (tertiary/aromatic N) is 2. The number of rotatable bonds is 5. The highest BCUT2D eigenvalue weighted by molar-refractivity contribution is 5.68. The Labute approximate surface area is 175 Å². The molecule has 0 unspecified atom stereocenters. The van der Waals surface area contributed by atoms with Crippen molar-refractivity contribution in [3.05, 3.63) is 65.0 Å². The van der Waals surface area contributed by atoms with Gasteiger partial charge in [-0.2, -0.15) is 0 Å². The Hall–Kier alpha value is -2.36. The number of pyridine rings is 1. The number of aromatic nitrogens is 1. The van der Waals surface area contributed by atoms with Crippen molar-refractivity contribution in [1.82, 2.24) is 9.88 Å². The largest absolute Gasteiger partial charge is 0.444 e. The number of aryl methyl sites for hydroxylation is 2. The van der Waals surface area contributed by atoms with Crippen LogP contribution in [0.25, 0.3) is 0 Å². The van der Waals surface area contributed by atoms with E-state index in [0.717, 1.165) is 45.2 Å². The van der Waals surface area contributed by atoms with Gasteiger partial charge in [-0.05, 0) is 82.4 Å². The van der Waals surface area contributed by atoms with Gasteiger partial charge in [-0.15, -0.1) is 0 Å². The summed E-state index contributed by atoms with van der Waals surface area (Å²) in [6.45, 7) is 9.45. The van der Waals surface area contributed by atoms with Gasteiger partial charge < -0.3 is 9.64 Å². The summed E-state index contributed by atoms with van der Waals surface area (Å²) in [6, 6.07) is 11.0. The Balaban J connectivity index is 1.46. The van der Waals surface area contributed by atoms with Crippen molar-refractivity contribution < 1.29 is 9.53 Å². The first-order valence-corrected chi connectivity index (χ1v) is 10.7. The highest BCUT2D eigenvalue weighted by atomic mass is 16.6. The van der Waals surface area contributed by atoms with Gasteiger partial charge in [-0.3, -0.25) is 4.98 Å². The zero-order chi connectivity index (χ0) is 20.9. The van der Waals surface area contributed by atoms with E-state index in [-0.39, 0.29) is 6.09 Å². The molecule has 29 heavy (non-hydrogen) atoms. The number of ether oxygens (including phenoxy) is 1. The highest BCUT2D eigenvalue weighted by Gasteiger charge is 2.26. The van der Waals surface area contributed by atoms with Crippen LogP contribution in [0.15, 0.2) is 42.7 Å². The number of amides is 1. The average molecular weight is 395 g/mol. The Bertz CT molecular complexity index is 800. The summed E-state index contributed by atoms with van der Waals surface area (Å²) < 4.78 is 5.49. The van der Waals surface area contributed by atoms with Crippen LogP contribution < -0.4 is 0 Å². The molecule has 0 spiro atoms. The summed E-state index contributed by atoms with van der Waals surface area (Å²) in [4.78, 5) is 18.5. The van der Waals surface area contributed by atoms with Gasteiger partial charge in [-0.1, -0.05) is 35.9 Å². The second-order valence-corrected chi connectivity index (χ2v) is 9.31. The number of benzene rings is 1. The lowest BCUT2D eigenvalue weighted by atomic mass is 9.90. The molecule has 1 aromatic heterocycles. The predicted octanol–water partition coefficient (Wildman–Crippen LogP) is 5.56. The summed E-state index contributed by atoms with van der Waals surface area (Å²) in [5.74, 6) is 0.662. The molecule has 156 valence electrons. The summed E-state index contributed by atoms with van der Waals surface area (Å²) >= 11 is 0. The molecule has 4 heteroatoms. The first-order chi connectivity index (χ1) is 13.8. The molecule has 1 aliphatic heterocycles. The molecule has 0 N–H and O–H groups in total. The molecule has 0 saturated carbocycles. The third-order valence-electron chi connectivity index (χ3n) is 5.49. The molecule has 0 bridgehead atoms. The summed E-state index contributed by atoms with van der Waals surface area (Å²) in [7, 11) is 0. The number of piperidine rings is 1. The lowest BCUT2D eigenvalue weighted by Crippen LogP contribution is -2.41. The van der Waals surface area contributed by atoms with Crippen LogP contribution in [0, 0.1) is 12.8 Å². The van der Waals surface area contributed by atoms with Crippen molar-refractivity contribution >= 4 is 6.09 Å². The fourth-order valence-corrected chi connectivity index (χ4v) is 3.82. The van der Waals surface area contributed by atoms with Crippen LogP contribution in [-0.2, 0) is 17.6 Å². The van der Waals surface area contributed by atoms with Gasteiger partial charge in [0.25, 0.3) is 0 Å². The van der Waals surface area contributed by atoms with E-state index in [0.29, 0.717) is 5.92 Å². The molecule has 1 saturated heterocycles. The van der Waals surface area contributed by atoms with Crippen LogP contribution in [-0.4, -0.2) is 34.7 Å². The van der Waals surface area contributed by atoms with Crippen LogP contribution in [0.4, 0.5) is 4.79 Å². The average Bonchev–Trinajstić information content (AvgIpc) is 2.68. The molecule has 3 rings (SSSR count). The monoisotopic (exact) mass is 394 g/mol. The van der Waals surface area contributed by atoms with Crippen molar-refractivity contribution in [3.63, 3.8) is 0 Å². The summed E-state index contributed by atoms with van der Waals surface area (Å²) in [5.41, 5.74) is 4.77. The SMILES string of the molecule is Cc1ccc(Cc2cncc(CCC3CCN(C(=O)OC(C)(C)C)CC3)c2)cc1. The topological polar surface area (TPSA) is 42.4 Å². The lowest BCUT2D eigenvalue weighted by molar-refractivity contribution is 0.0181. The van der Waals surface area contributed by atoms with Gasteiger partial charge in [0, 0.05) is 25.5 Å². The first kappa shape index (κ1) is 21.4. The number of carbonyl (C=O) groups is 1. The summed E-state index contributed by atoms with van der Waals surface area (Å²) in [6.07, 6.45) is 9.02. The molecule has 0 atom stereocenters. The second kappa shape index (κ2) is 9.43. The number of likely N-dealkylation sites (tertiary alicyclic amines) is 1. The highest BCUT2D eigenvalue weighted by Crippen LogP contribution is 2.24. The van der Waals surface area contributed by atoms with Gasteiger partial charge in [-0.25, -0.2) is 4.79 Å². The second-order valence-electron chi connectivity index (χ2n) is 9.31. The van der Waals surface area contributed by atoms with Gasteiger partial charge >= 0.3 is 6.09 Å². The minimum absolute atomic E-state index is 0.177. The van der Waals surface area contributed by atoms with E-state index in [1.165, 1.54) is 22.3 Å². The van der Waals surface area contributed by atoms with Gasteiger partial charge in [0.05, 0.1) is 0 Å². The molecule has 1 amide bonds. The fourth-order valence-electron chi connectivity index (χ4n) is 3.82. The normalized spacial score (nSPS) is 15.4. The molecule has 2 aromatic rings. The molecule has 1 fully saturated rings. The van der Waals surface area contributed by atoms with E-state index in [4.69, 9.17) is 4.74 Å². The van der Waals surface area contributed by atoms with Crippen molar-refractivity contribution in [2.24, 2.45) is 5.92 Å². The minimum atomic E-state index is -0.426. The van der Waals surface area contributed by atoms with Crippen molar-refractivity contribution in [2.75, 3.05) is 13.1 Å². The number of carbonyl (C=O) groups excluding carboxylic acids is 1. The Kier molecular flexibility index (Phi) is 6.94. The molecular formula is C25H34N2O2. The van der Waals surface area contributed by atoms with E-state index in [9.17, 15) is 4.79 Å². The number of hydrogen-bond donors (Lipinski definition) is 0. The van der Waals surface area contributed by atoms with Crippen LogP contribution >= 0.6 is 0 Å². The van der Waals surface area contributed by atoms with Gasteiger partial charge in [0.2, 0.25) is 0 Å². The van der Waals surface area contributed by atoms with E-state index in [1.807, 2.05) is 38.1 Å². The maximum absolute atomic E-state index is 12.2. The first-order valence-electron chi connectivity index (χ1n) is 10.7. The summed E-state index contributed by atoms with van der Waals surface area (Å²) in [5, 5.41) is 0. The molecule has 0 radical (unpaired) electrons. The molecule has 1 aliphatic rings. The fraction of sp³-hybridized carbons (Fsp3) is 0.520. The van der Waals surface area contributed by atoms with E-state index < -0.39 is 5.60 Å². The third kappa shape index (κ3) is 6.88. The Morgan fingerprint density at radius 3 is 2.38 bits per heavy atom. The Morgan fingerprint density at radius 2 is 1.72 bits per heavy atom. The lowest BCUT2D eigenvalue weighted by Gasteiger charge is -2.33.